The second-order valence-electron chi connectivity index (χ2n) is 6.57. The molecule has 146 valence electrons. The van der Waals surface area contributed by atoms with Crippen molar-refractivity contribution in [2.75, 3.05) is 32.9 Å². The van der Waals surface area contributed by atoms with Crippen molar-refractivity contribution in [1.29, 1.82) is 0 Å². The smallest absolute Gasteiger partial charge is 0.336 e. The third-order valence-corrected chi connectivity index (χ3v) is 4.73. The predicted molar refractivity (Wildman–Crippen MR) is 98.2 cm³/mol. The lowest BCUT2D eigenvalue weighted by Crippen LogP contribution is -2.49. The lowest BCUT2D eigenvalue weighted by molar-refractivity contribution is -0.137. The van der Waals surface area contributed by atoms with Crippen LogP contribution in [0.15, 0.2) is 47.3 Å². The summed E-state index contributed by atoms with van der Waals surface area (Å²) in [5, 5.41) is 9.74. The number of hydrogen-bond acceptors (Lipinski definition) is 5. The Labute approximate surface area is 158 Å². The zero-order valence-electron chi connectivity index (χ0n) is 15.7. The van der Waals surface area contributed by atoms with Crippen LogP contribution < -0.4 is 0 Å². The van der Waals surface area contributed by atoms with Crippen LogP contribution in [0.2, 0.25) is 0 Å². The number of carboxylic acid groups (broad SMARTS) is 1. The van der Waals surface area contributed by atoms with Crippen molar-refractivity contribution in [1.82, 2.24) is 9.80 Å². The first-order chi connectivity index (χ1) is 13.0. The Hall–Kier alpha value is -2.38. The monoisotopic (exact) mass is 376 g/mol. The van der Waals surface area contributed by atoms with Crippen LogP contribution in [0, 0.1) is 5.82 Å². The summed E-state index contributed by atoms with van der Waals surface area (Å²) in [6, 6.07) is 6.34. The van der Waals surface area contributed by atoms with E-state index in [4.69, 9.17) is 9.47 Å². The third kappa shape index (κ3) is 4.31. The molecule has 7 heteroatoms. The lowest BCUT2D eigenvalue weighted by Gasteiger charge is -2.44. The molecule has 2 aliphatic rings. The van der Waals surface area contributed by atoms with Crippen molar-refractivity contribution in [2.45, 2.75) is 26.6 Å². The molecule has 2 aliphatic heterocycles. The van der Waals surface area contributed by atoms with Gasteiger partial charge in [-0.2, -0.15) is 0 Å². The van der Waals surface area contributed by atoms with Gasteiger partial charge < -0.3 is 24.4 Å². The minimum absolute atomic E-state index is 0.213. The zero-order valence-corrected chi connectivity index (χ0v) is 15.7. The van der Waals surface area contributed by atoms with E-state index in [9.17, 15) is 14.3 Å². The van der Waals surface area contributed by atoms with Crippen molar-refractivity contribution < 1.29 is 23.8 Å². The molecule has 1 N–H and O–H groups in total. The normalized spacial score (nSPS) is 20.7. The van der Waals surface area contributed by atoms with E-state index in [-0.39, 0.29) is 11.4 Å². The summed E-state index contributed by atoms with van der Waals surface area (Å²) in [4.78, 5) is 16.0. The highest BCUT2D eigenvalue weighted by atomic mass is 19.1. The van der Waals surface area contributed by atoms with Gasteiger partial charge in [0.1, 0.15) is 11.6 Å². The Balaban J connectivity index is 2.02. The van der Waals surface area contributed by atoms with Gasteiger partial charge in [-0.3, -0.25) is 0 Å². The van der Waals surface area contributed by atoms with E-state index in [0.29, 0.717) is 45.0 Å². The summed E-state index contributed by atoms with van der Waals surface area (Å²) < 4.78 is 25.0. The average molecular weight is 376 g/mol. The SMILES string of the molecule is CCOC1C(C(=O)O)=C(C)C=C(N2CCOCC2)N1Cc1cccc(F)c1. The van der Waals surface area contributed by atoms with E-state index < -0.39 is 12.2 Å². The van der Waals surface area contributed by atoms with E-state index in [1.54, 1.807) is 13.0 Å². The van der Waals surface area contributed by atoms with Gasteiger partial charge in [0.2, 0.25) is 0 Å². The maximum Gasteiger partial charge on any atom is 0.336 e. The molecule has 0 spiro atoms. The van der Waals surface area contributed by atoms with Gasteiger partial charge in [-0.25, -0.2) is 9.18 Å². The quantitative estimate of drug-likeness (QED) is 0.823. The highest BCUT2D eigenvalue weighted by Gasteiger charge is 2.36. The van der Waals surface area contributed by atoms with Gasteiger partial charge in [0.15, 0.2) is 6.23 Å². The van der Waals surface area contributed by atoms with Crippen LogP contribution in [0.5, 0.6) is 0 Å². The van der Waals surface area contributed by atoms with Gasteiger partial charge in [-0.15, -0.1) is 0 Å². The fraction of sp³-hybridized carbons (Fsp3) is 0.450. The minimum Gasteiger partial charge on any atom is -0.478 e. The van der Waals surface area contributed by atoms with Gasteiger partial charge in [0, 0.05) is 26.2 Å². The Kier molecular flexibility index (Phi) is 6.13. The molecule has 1 aromatic rings. The van der Waals surface area contributed by atoms with Crippen LogP contribution in [-0.2, 0) is 20.8 Å². The fourth-order valence-corrected chi connectivity index (χ4v) is 3.49. The second kappa shape index (κ2) is 8.54. The van der Waals surface area contributed by atoms with Gasteiger partial charge in [0.25, 0.3) is 0 Å². The maximum absolute atomic E-state index is 13.7. The van der Waals surface area contributed by atoms with Crippen molar-refractivity contribution in [3.05, 3.63) is 58.7 Å². The van der Waals surface area contributed by atoms with Crippen molar-refractivity contribution >= 4 is 5.97 Å². The second-order valence-corrected chi connectivity index (χ2v) is 6.57. The van der Waals surface area contributed by atoms with Crippen LogP contribution in [0.4, 0.5) is 4.39 Å². The molecular weight excluding hydrogens is 351 g/mol. The lowest BCUT2D eigenvalue weighted by atomic mass is 10.0. The Morgan fingerprint density at radius 1 is 1.37 bits per heavy atom. The summed E-state index contributed by atoms with van der Waals surface area (Å²) in [7, 11) is 0. The van der Waals surface area contributed by atoms with E-state index in [0.717, 1.165) is 11.4 Å². The van der Waals surface area contributed by atoms with Crippen LogP contribution in [0.3, 0.4) is 0 Å². The Bertz CT molecular complexity index is 756. The molecule has 0 saturated carbocycles. The number of nitrogens with zero attached hydrogens (tertiary/aromatic N) is 2. The van der Waals surface area contributed by atoms with Crippen LogP contribution in [0.1, 0.15) is 19.4 Å². The summed E-state index contributed by atoms with van der Waals surface area (Å²) in [6.45, 7) is 6.97. The molecule has 1 aromatic carbocycles. The Morgan fingerprint density at radius 3 is 2.74 bits per heavy atom. The first-order valence-corrected chi connectivity index (χ1v) is 9.12. The molecule has 3 rings (SSSR count). The zero-order chi connectivity index (χ0) is 19.4. The number of ether oxygens (including phenoxy) is 2. The first kappa shape index (κ1) is 19.4. The number of hydrogen-bond donors (Lipinski definition) is 1. The molecule has 0 aromatic heterocycles. The Morgan fingerprint density at radius 2 is 2.11 bits per heavy atom. The van der Waals surface area contributed by atoms with E-state index in [2.05, 4.69) is 4.90 Å². The van der Waals surface area contributed by atoms with Crippen molar-refractivity contribution in [3.63, 3.8) is 0 Å². The molecule has 0 radical (unpaired) electrons. The molecule has 0 amide bonds. The molecule has 1 atom stereocenters. The number of halogens is 1. The van der Waals surface area contributed by atoms with Crippen LogP contribution >= 0.6 is 0 Å². The summed E-state index contributed by atoms with van der Waals surface area (Å²) in [5.74, 6) is -0.449. The number of carboxylic acids is 1. The molecule has 1 unspecified atom stereocenters. The number of rotatable bonds is 6. The molecular formula is C20H25FN2O4. The number of aliphatic carboxylic acids is 1. The van der Waals surface area contributed by atoms with Gasteiger partial charge >= 0.3 is 5.97 Å². The average Bonchev–Trinajstić information content (AvgIpc) is 2.64. The highest BCUT2D eigenvalue weighted by molar-refractivity contribution is 5.89. The van der Waals surface area contributed by atoms with E-state index in [1.807, 2.05) is 24.0 Å². The molecule has 27 heavy (non-hydrogen) atoms. The molecule has 2 heterocycles. The van der Waals surface area contributed by atoms with E-state index >= 15 is 0 Å². The van der Waals surface area contributed by atoms with Crippen LogP contribution in [0.25, 0.3) is 0 Å². The van der Waals surface area contributed by atoms with Crippen molar-refractivity contribution in [2.24, 2.45) is 0 Å². The van der Waals surface area contributed by atoms with E-state index in [1.165, 1.54) is 12.1 Å². The summed E-state index contributed by atoms with van der Waals surface area (Å²) in [5.41, 5.74) is 1.63. The standard InChI is InChI=1S/C20H25FN2O4/c1-3-27-19-18(20(24)25)14(2)11-17(22-7-9-26-10-8-22)23(19)13-15-5-4-6-16(21)12-15/h4-6,11-12,19H,3,7-10,13H2,1-2H3,(H,24,25). The molecule has 0 bridgehead atoms. The molecule has 0 aliphatic carbocycles. The van der Waals surface area contributed by atoms with Gasteiger partial charge in [-0.05, 0) is 43.2 Å². The maximum atomic E-state index is 13.7. The summed E-state index contributed by atoms with van der Waals surface area (Å²) in [6.07, 6.45) is 1.14. The first-order valence-electron chi connectivity index (χ1n) is 9.12. The largest absolute Gasteiger partial charge is 0.478 e. The number of benzene rings is 1. The third-order valence-electron chi connectivity index (χ3n) is 4.73. The number of carbonyl (C=O) groups is 1. The van der Waals surface area contributed by atoms with Gasteiger partial charge in [-0.1, -0.05) is 12.1 Å². The fourth-order valence-electron chi connectivity index (χ4n) is 3.49. The topological polar surface area (TPSA) is 62.2 Å². The van der Waals surface area contributed by atoms with Crippen molar-refractivity contribution in [3.8, 4) is 0 Å². The summed E-state index contributed by atoms with van der Waals surface area (Å²) >= 11 is 0. The predicted octanol–water partition coefficient (Wildman–Crippen LogP) is 2.58. The molecule has 1 fully saturated rings. The molecule has 6 nitrogen and oxygen atoms in total. The molecule has 1 saturated heterocycles. The highest BCUT2D eigenvalue weighted by Crippen LogP contribution is 2.31. The van der Waals surface area contributed by atoms with Crippen LogP contribution in [-0.4, -0.2) is 60.0 Å². The number of allylic oxidation sites excluding steroid dienone is 2. The van der Waals surface area contributed by atoms with Gasteiger partial charge in [0.05, 0.1) is 18.8 Å². The minimum atomic E-state index is -1.01. The number of morpholine rings is 1.